The Hall–Kier alpha value is -2.24. The molecule has 0 aromatic heterocycles. The van der Waals surface area contributed by atoms with Crippen molar-refractivity contribution in [3.8, 4) is 11.5 Å². The van der Waals surface area contributed by atoms with Crippen molar-refractivity contribution in [2.75, 3.05) is 25.7 Å². The lowest BCUT2D eigenvalue weighted by Gasteiger charge is -2.30. The van der Waals surface area contributed by atoms with Crippen LogP contribution in [0.25, 0.3) is 0 Å². The first-order chi connectivity index (χ1) is 12.5. The third-order valence-electron chi connectivity index (χ3n) is 5.61. The Bertz CT molecular complexity index is 676. The number of carbonyl (C=O) groups excluding carboxylic acids is 2. The monoisotopic (exact) mass is 360 g/mol. The van der Waals surface area contributed by atoms with E-state index in [1.165, 1.54) is 6.42 Å². The average Bonchev–Trinajstić information content (AvgIpc) is 3.05. The summed E-state index contributed by atoms with van der Waals surface area (Å²) in [5.74, 6) is 1.36. The van der Waals surface area contributed by atoms with Crippen molar-refractivity contribution >= 4 is 17.5 Å². The van der Waals surface area contributed by atoms with Crippen LogP contribution in [0, 0.1) is 11.8 Å². The van der Waals surface area contributed by atoms with Crippen LogP contribution in [-0.4, -0.2) is 38.6 Å². The van der Waals surface area contributed by atoms with E-state index < -0.39 is 0 Å². The van der Waals surface area contributed by atoms with Crippen LogP contribution in [0.1, 0.15) is 39.0 Å². The van der Waals surface area contributed by atoms with E-state index in [1.54, 1.807) is 31.3 Å². The molecule has 1 N–H and O–H groups in total. The summed E-state index contributed by atoms with van der Waals surface area (Å²) in [6.45, 7) is 2.60. The van der Waals surface area contributed by atoms with E-state index in [4.69, 9.17) is 9.47 Å². The zero-order chi connectivity index (χ0) is 18.7. The summed E-state index contributed by atoms with van der Waals surface area (Å²) in [5.41, 5.74) is 0.731. The molecule has 0 spiro atoms. The van der Waals surface area contributed by atoms with Crippen molar-refractivity contribution in [1.82, 2.24) is 5.32 Å². The molecule has 2 aliphatic rings. The molecule has 6 heteroatoms. The van der Waals surface area contributed by atoms with Crippen LogP contribution in [0.2, 0.25) is 0 Å². The van der Waals surface area contributed by atoms with Crippen LogP contribution < -0.4 is 19.7 Å². The van der Waals surface area contributed by atoms with Gasteiger partial charge >= 0.3 is 0 Å². The molecule has 0 radical (unpaired) electrons. The van der Waals surface area contributed by atoms with Gasteiger partial charge in [-0.05, 0) is 30.9 Å². The Morgan fingerprint density at radius 2 is 1.88 bits per heavy atom. The summed E-state index contributed by atoms with van der Waals surface area (Å²) in [4.78, 5) is 26.8. The summed E-state index contributed by atoms with van der Waals surface area (Å²) < 4.78 is 10.6. The molecule has 1 heterocycles. The minimum atomic E-state index is -0.301. The maximum Gasteiger partial charge on any atom is 0.227 e. The van der Waals surface area contributed by atoms with Gasteiger partial charge in [0.05, 0.1) is 20.1 Å². The Kier molecular flexibility index (Phi) is 5.69. The lowest BCUT2D eigenvalue weighted by molar-refractivity contribution is -0.127. The molecular formula is C20H28N2O4. The van der Waals surface area contributed by atoms with Crippen molar-refractivity contribution in [1.29, 1.82) is 0 Å². The molecule has 1 aliphatic carbocycles. The number of carbonyl (C=O) groups is 2. The van der Waals surface area contributed by atoms with Gasteiger partial charge in [0.15, 0.2) is 11.5 Å². The molecule has 1 aliphatic heterocycles. The first kappa shape index (κ1) is 18.5. The second-order valence-electron chi connectivity index (χ2n) is 7.32. The highest BCUT2D eigenvalue weighted by atomic mass is 16.5. The molecule has 26 heavy (non-hydrogen) atoms. The fourth-order valence-corrected chi connectivity index (χ4v) is 3.96. The highest BCUT2D eigenvalue weighted by molar-refractivity contribution is 6.00. The average molecular weight is 360 g/mol. The van der Waals surface area contributed by atoms with Crippen molar-refractivity contribution in [3.63, 3.8) is 0 Å². The van der Waals surface area contributed by atoms with Gasteiger partial charge in [-0.3, -0.25) is 9.59 Å². The fourth-order valence-electron chi connectivity index (χ4n) is 3.96. The van der Waals surface area contributed by atoms with Crippen LogP contribution in [0.5, 0.6) is 11.5 Å². The highest BCUT2D eigenvalue weighted by Crippen LogP contribution is 2.34. The van der Waals surface area contributed by atoms with Crippen LogP contribution in [0.3, 0.4) is 0 Å². The fraction of sp³-hybridized carbons (Fsp3) is 0.600. The Labute approximate surface area is 154 Å². The predicted molar refractivity (Wildman–Crippen MR) is 99.6 cm³/mol. The zero-order valence-corrected chi connectivity index (χ0v) is 15.8. The molecule has 0 unspecified atom stereocenters. The van der Waals surface area contributed by atoms with E-state index in [1.807, 2.05) is 6.07 Å². The zero-order valence-electron chi connectivity index (χ0n) is 15.8. The number of anilines is 1. The van der Waals surface area contributed by atoms with Gasteiger partial charge in [0.25, 0.3) is 0 Å². The van der Waals surface area contributed by atoms with Gasteiger partial charge in [0, 0.05) is 30.8 Å². The van der Waals surface area contributed by atoms with Crippen LogP contribution in [0.15, 0.2) is 18.2 Å². The maximum atomic E-state index is 12.7. The normalized spacial score (nSPS) is 25.9. The molecule has 3 rings (SSSR count). The molecule has 3 atom stereocenters. The minimum absolute atomic E-state index is 0.0000710. The summed E-state index contributed by atoms with van der Waals surface area (Å²) >= 11 is 0. The third kappa shape index (κ3) is 3.79. The van der Waals surface area contributed by atoms with Gasteiger partial charge in [-0.25, -0.2) is 0 Å². The topological polar surface area (TPSA) is 67.9 Å². The van der Waals surface area contributed by atoms with Gasteiger partial charge in [-0.15, -0.1) is 0 Å². The maximum absolute atomic E-state index is 12.7. The van der Waals surface area contributed by atoms with E-state index in [2.05, 4.69) is 12.2 Å². The molecular weight excluding hydrogens is 332 g/mol. The molecule has 1 saturated carbocycles. The van der Waals surface area contributed by atoms with Gasteiger partial charge in [0.1, 0.15) is 0 Å². The quantitative estimate of drug-likeness (QED) is 0.877. The Balaban J connectivity index is 1.67. The predicted octanol–water partition coefficient (Wildman–Crippen LogP) is 2.75. The van der Waals surface area contributed by atoms with Crippen molar-refractivity contribution in [2.24, 2.45) is 11.8 Å². The lowest BCUT2D eigenvalue weighted by atomic mass is 9.85. The standard InChI is InChI=1S/C20H28N2O4/c1-13-6-4-5-7-16(13)21-20(24)14-10-19(23)22(12-14)15-8-9-17(25-2)18(11-15)26-3/h8-9,11,13-14,16H,4-7,10,12H2,1-3H3,(H,21,24)/t13-,14-,16+/m1/s1. The molecule has 1 saturated heterocycles. The SMILES string of the molecule is COc1ccc(N2C[C@H](C(=O)N[C@H]3CCCC[C@H]3C)CC2=O)cc1OC. The number of methoxy groups -OCH3 is 2. The largest absolute Gasteiger partial charge is 0.493 e. The summed E-state index contributed by atoms with van der Waals surface area (Å²) in [6, 6.07) is 5.61. The Morgan fingerprint density at radius 3 is 2.58 bits per heavy atom. The molecule has 6 nitrogen and oxygen atoms in total. The van der Waals surface area contributed by atoms with Crippen molar-refractivity contribution in [2.45, 2.75) is 45.1 Å². The first-order valence-electron chi connectivity index (χ1n) is 9.36. The summed E-state index contributed by atoms with van der Waals surface area (Å²) in [5, 5.41) is 3.18. The number of rotatable bonds is 5. The van der Waals surface area contributed by atoms with Crippen LogP contribution in [-0.2, 0) is 9.59 Å². The number of hydrogen-bond donors (Lipinski definition) is 1. The molecule has 2 fully saturated rings. The first-order valence-corrected chi connectivity index (χ1v) is 9.36. The van der Waals surface area contributed by atoms with Gasteiger partial charge in [0.2, 0.25) is 11.8 Å². The summed E-state index contributed by atoms with van der Waals surface area (Å²) in [7, 11) is 3.14. The lowest BCUT2D eigenvalue weighted by Crippen LogP contribution is -2.44. The molecule has 0 bridgehead atoms. The second kappa shape index (κ2) is 7.98. The number of benzene rings is 1. The van der Waals surface area contributed by atoms with Crippen molar-refractivity contribution in [3.05, 3.63) is 18.2 Å². The summed E-state index contributed by atoms with van der Waals surface area (Å²) in [6.07, 6.45) is 4.85. The van der Waals surface area contributed by atoms with Gasteiger partial charge < -0.3 is 19.7 Å². The third-order valence-corrected chi connectivity index (χ3v) is 5.61. The highest BCUT2D eigenvalue weighted by Gasteiger charge is 2.36. The molecule has 1 aromatic carbocycles. The van der Waals surface area contributed by atoms with Crippen LogP contribution in [0.4, 0.5) is 5.69 Å². The van der Waals surface area contributed by atoms with E-state index >= 15 is 0 Å². The van der Waals surface area contributed by atoms with E-state index in [0.29, 0.717) is 24.0 Å². The Morgan fingerprint density at radius 1 is 1.15 bits per heavy atom. The second-order valence-corrected chi connectivity index (χ2v) is 7.32. The number of nitrogens with one attached hydrogen (secondary N) is 1. The van der Waals surface area contributed by atoms with Crippen molar-refractivity contribution < 1.29 is 19.1 Å². The number of hydrogen-bond acceptors (Lipinski definition) is 4. The van der Waals surface area contributed by atoms with E-state index in [-0.39, 0.29) is 30.2 Å². The number of amides is 2. The van der Waals surface area contributed by atoms with E-state index in [0.717, 1.165) is 24.9 Å². The molecule has 2 amide bonds. The van der Waals surface area contributed by atoms with E-state index in [9.17, 15) is 9.59 Å². The van der Waals surface area contributed by atoms with Crippen LogP contribution >= 0.6 is 0 Å². The smallest absolute Gasteiger partial charge is 0.227 e. The van der Waals surface area contributed by atoms with Gasteiger partial charge in [-0.1, -0.05) is 19.8 Å². The number of nitrogens with zero attached hydrogens (tertiary/aromatic N) is 1. The minimum Gasteiger partial charge on any atom is -0.493 e. The molecule has 142 valence electrons. The molecule has 1 aromatic rings. The van der Waals surface area contributed by atoms with Gasteiger partial charge in [-0.2, -0.15) is 0 Å². The number of ether oxygens (including phenoxy) is 2.